The number of nitrogens with one attached hydrogen (secondary N) is 1. The maximum absolute atomic E-state index is 5.48. The first-order valence-corrected chi connectivity index (χ1v) is 6.90. The van der Waals surface area contributed by atoms with E-state index in [1.807, 2.05) is 0 Å². The fourth-order valence-electron chi connectivity index (χ4n) is 2.70. The van der Waals surface area contributed by atoms with Crippen molar-refractivity contribution < 1.29 is 4.74 Å². The van der Waals surface area contributed by atoms with Crippen LogP contribution in [0.5, 0.6) is 0 Å². The first kappa shape index (κ1) is 12.3. The molecule has 2 fully saturated rings. The highest BCUT2D eigenvalue weighted by molar-refractivity contribution is 4.94. The molecule has 1 N–H and O–H groups in total. The summed E-state index contributed by atoms with van der Waals surface area (Å²) < 4.78 is 5.48. The minimum Gasteiger partial charge on any atom is -0.380 e. The third kappa shape index (κ3) is 3.19. The van der Waals surface area contributed by atoms with E-state index in [4.69, 9.17) is 4.74 Å². The fourth-order valence-corrected chi connectivity index (χ4v) is 2.70. The first-order chi connectivity index (χ1) is 7.85. The third-order valence-electron chi connectivity index (χ3n) is 3.95. The fraction of sp³-hybridized carbons (Fsp3) is 1.00. The Bertz CT molecular complexity index is 206. The van der Waals surface area contributed by atoms with Crippen molar-refractivity contribution in [1.29, 1.82) is 0 Å². The van der Waals surface area contributed by atoms with Crippen molar-refractivity contribution in [2.75, 3.05) is 32.8 Å². The molecule has 0 aromatic carbocycles. The van der Waals surface area contributed by atoms with Crippen LogP contribution >= 0.6 is 0 Å². The van der Waals surface area contributed by atoms with E-state index >= 15 is 0 Å². The minimum atomic E-state index is 0.718. The molecule has 0 radical (unpaired) electrons. The smallest absolute Gasteiger partial charge is 0.0593 e. The number of rotatable bonds is 6. The van der Waals surface area contributed by atoms with E-state index in [9.17, 15) is 0 Å². The first-order valence-electron chi connectivity index (χ1n) is 6.90. The van der Waals surface area contributed by atoms with Gasteiger partial charge in [0.15, 0.2) is 0 Å². The summed E-state index contributed by atoms with van der Waals surface area (Å²) in [6.45, 7) is 9.61. The van der Waals surface area contributed by atoms with Crippen LogP contribution in [0.2, 0.25) is 0 Å². The predicted molar refractivity (Wildman–Crippen MR) is 66.7 cm³/mol. The van der Waals surface area contributed by atoms with Gasteiger partial charge in [0.2, 0.25) is 0 Å². The summed E-state index contributed by atoms with van der Waals surface area (Å²) in [6, 6.07) is 1.47. The molecule has 94 valence electrons. The third-order valence-corrected chi connectivity index (χ3v) is 3.95. The van der Waals surface area contributed by atoms with Gasteiger partial charge < -0.3 is 10.1 Å². The van der Waals surface area contributed by atoms with E-state index in [2.05, 4.69) is 24.1 Å². The monoisotopic (exact) mass is 226 g/mol. The lowest BCUT2D eigenvalue weighted by Gasteiger charge is -2.40. The van der Waals surface area contributed by atoms with Crippen LogP contribution in [0.3, 0.4) is 0 Å². The van der Waals surface area contributed by atoms with Crippen LogP contribution in [-0.2, 0) is 4.74 Å². The highest BCUT2D eigenvalue weighted by Crippen LogP contribution is 2.34. The normalized spacial score (nSPS) is 31.9. The molecule has 16 heavy (non-hydrogen) atoms. The van der Waals surface area contributed by atoms with Crippen molar-refractivity contribution in [2.45, 2.75) is 45.2 Å². The van der Waals surface area contributed by atoms with Crippen LogP contribution in [0, 0.1) is 5.92 Å². The standard InChI is InChI=1S/C13H26N2O/c1-3-12-9-14-13(11-5-6-11)10-15(12)7-8-16-4-2/h11-14H,3-10H2,1-2H3. The van der Waals surface area contributed by atoms with Gasteiger partial charge in [0.05, 0.1) is 6.61 Å². The SMILES string of the molecule is CCOCCN1CC(C2CC2)NCC1CC. The Labute approximate surface area is 99.5 Å². The average molecular weight is 226 g/mol. The van der Waals surface area contributed by atoms with Crippen LogP contribution in [0.1, 0.15) is 33.1 Å². The van der Waals surface area contributed by atoms with Gasteiger partial charge in [-0.05, 0) is 32.1 Å². The van der Waals surface area contributed by atoms with Gasteiger partial charge in [-0.3, -0.25) is 4.90 Å². The van der Waals surface area contributed by atoms with Crippen LogP contribution in [-0.4, -0.2) is 49.8 Å². The summed E-state index contributed by atoms with van der Waals surface area (Å²) >= 11 is 0. The van der Waals surface area contributed by atoms with Crippen LogP contribution < -0.4 is 5.32 Å². The molecule has 0 aromatic rings. The quantitative estimate of drug-likeness (QED) is 0.694. The topological polar surface area (TPSA) is 24.5 Å². The number of piperazine rings is 1. The zero-order valence-corrected chi connectivity index (χ0v) is 10.7. The Morgan fingerprint density at radius 1 is 1.31 bits per heavy atom. The second-order valence-corrected chi connectivity index (χ2v) is 5.11. The molecule has 1 heterocycles. The van der Waals surface area contributed by atoms with E-state index in [0.717, 1.165) is 37.8 Å². The molecule has 0 spiro atoms. The van der Waals surface area contributed by atoms with Crippen LogP contribution in [0.25, 0.3) is 0 Å². The predicted octanol–water partition coefficient (Wildman–Crippen LogP) is 1.49. The average Bonchev–Trinajstić information content (AvgIpc) is 3.13. The molecule has 2 aliphatic rings. The van der Waals surface area contributed by atoms with E-state index in [1.54, 1.807) is 0 Å². The van der Waals surface area contributed by atoms with Gasteiger partial charge in [0, 0.05) is 38.3 Å². The van der Waals surface area contributed by atoms with Gasteiger partial charge >= 0.3 is 0 Å². The largest absolute Gasteiger partial charge is 0.380 e. The van der Waals surface area contributed by atoms with E-state index in [-0.39, 0.29) is 0 Å². The molecule has 2 rings (SSSR count). The second kappa shape index (κ2) is 5.99. The Hall–Kier alpha value is -0.120. The van der Waals surface area contributed by atoms with E-state index < -0.39 is 0 Å². The van der Waals surface area contributed by atoms with Crippen molar-refractivity contribution in [3.05, 3.63) is 0 Å². The van der Waals surface area contributed by atoms with Gasteiger partial charge in [-0.25, -0.2) is 0 Å². The maximum atomic E-state index is 5.48. The van der Waals surface area contributed by atoms with E-state index in [1.165, 1.54) is 32.4 Å². The molecule has 2 atom stereocenters. The van der Waals surface area contributed by atoms with Crippen molar-refractivity contribution in [3.63, 3.8) is 0 Å². The van der Waals surface area contributed by atoms with Crippen molar-refractivity contribution >= 4 is 0 Å². The molecule has 1 saturated carbocycles. The Balaban J connectivity index is 1.78. The Kier molecular flexibility index (Phi) is 4.62. The highest BCUT2D eigenvalue weighted by Gasteiger charge is 2.36. The van der Waals surface area contributed by atoms with Crippen molar-refractivity contribution in [2.24, 2.45) is 5.92 Å². The maximum Gasteiger partial charge on any atom is 0.0593 e. The van der Waals surface area contributed by atoms with Gasteiger partial charge in [0.1, 0.15) is 0 Å². The summed E-state index contributed by atoms with van der Waals surface area (Å²) in [6.07, 6.45) is 4.12. The van der Waals surface area contributed by atoms with Gasteiger partial charge in [0.25, 0.3) is 0 Å². The van der Waals surface area contributed by atoms with Gasteiger partial charge in [-0.2, -0.15) is 0 Å². The van der Waals surface area contributed by atoms with Crippen molar-refractivity contribution in [3.8, 4) is 0 Å². The minimum absolute atomic E-state index is 0.718. The molecule has 1 aliphatic heterocycles. The summed E-state index contributed by atoms with van der Waals surface area (Å²) in [7, 11) is 0. The summed E-state index contributed by atoms with van der Waals surface area (Å²) in [4.78, 5) is 2.63. The lowest BCUT2D eigenvalue weighted by molar-refractivity contribution is 0.0657. The number of nitrogens with zero attached hydrogens (tertiary/aromatic N) is 1. The lowest BCUT2D eigenvalue weighted by Crippen LogP contribution is -2.57. The summed E-state index contributed by atoms with van der Waals surface area (Å²) in [5.74, 6) is 0.965. The summed E-state index contributed by atoms with van der Waals surface area (Å²) in [5.41, 5.74) is 0. The Morgan fingerprint density at radius 3 is 2.75 bits per heavy atom. The molecule has 1 saturated heterocycles. The van der Waals surface area contributed by atoms with Crippen LogP contribution in [0.15, 0.2) is 0 Å². The second-order valence-electron chi connectivity index (χ2n) is 5.11. The number of hydrogen-bond donors (Lipinski definition) is 1. The molecular weight excluding hydrogens is 200 g/mol. The molecule has 0 bridgehead atoms. The lowest BCUT2D eigenvalue weighted by atomic mass is 10.0. The van der Waals surface area contributed by atoms with Gasteiger partial charge in [-0.1, -0.05) is 6.92 Å². The van der Waals surface area contributed by atoms with Gasteiger partial charge in [-0.15, -0.1) is 0 Å². The van der Waals surface area contributed by atoms with Crippen molar-refractivity contribution in [1.82, 2.24) is 10.2 Å². The molecular formula is C13H26N2O. The Morgan fingerprint density at radius 2 is 2.12 bits per heavy atom. The number of ether oxygens (including phenoxy) is 1. The zero-order chi connectivity index (χ0) is 11.4. The molecule has 0 amide bonds. The number of hydrogen-bond acceptors (Lipinski definition) is 3. The highest BCUT2D eigenvalue weighted by atomic mass is 16.5. The molecule has 3 nitrogen and oxygen atoms in total. The van der Waals surface area contributed by atoms with Crippen LogP contribution in [0.4, 0.5) is 0 Å². The molecule has 3 heteroatoms. The summed E-state index contributed by atoms with van der Waals surface area (Å²) in [5, 5.41) is 3.72. The zero-order valence-electron chi connectivity index (χ0n) is 10.7. The molecule has 0 aromatic heterocycles. The molecule has 2 unspecified atom stereocenters. The molecule has 1 aliphatic carbocycles. The van der Waals surface area contributed by atoms with E-state index in [0.29, 0.717) is 0 Å².